The van der Waals surface area contributed by atoms with E-state index in [1.165, 1.54) is 30.7 Å². The highest BCUT2D eigenvalue weighted by Crippen LogP contribution is 2.34. The molecule has 0 aliphatic rings. The number of methoxy groups -OCH3 is 1. The molecule has 7 nitrogen and oxygen atoms in total. The van der Waals surface area contributed by atoms with Crippen molar-refractivity contribution in [3.8, 4) is 22.8 Å². The van der Waals surface area contributed by atoms with Crippen molar-refractivity contribution in [2.24, 2.45) is 5.10 Å². The van der Waals surface area contributed by atoms with Crippen LogP contribution in [0.3, 0.4) is 0 Å². The third kappa shape index (κ3) is 7.33. The Bertz CT molecular complexity index is 1730. The molecule has 4 aromatic carbocycles. The number of benzene rings is 4. The van der Waals surface area contributed by atoms with Crippen LogP contribution in [0.4, 0.5) is 15.2 Å². The van der Waals surface area contributed by atoms with Crippen LogP contribution >= 0.6 is 38.9 Å². The number of hydrogen-bond acceptors (Lipinski definition) is 7. The Balaban J connectivity index is 1.19. The smallest absolute Gasteiger partial charge is 0.271 e. The topological polar surface area (TPSA) is 84.8 Å². The van der Waals surface area contributed by atoms with Crippen molar-refractivity contribution in [1.29, 1.82) is 0 Å². The highest BCUT2D eigenvalue weighted by atomic mass is 79.9. The predicted molar refractivity (Wildman–Crippen MR) is 169 cm³/mol. The number of carbonyl (C=O) groups excluding carboxylic acids is 1. The van der Waals surface area contributed by atoms with E-state index in [0.29, 0.717) is 37.7 Å². The van der Waals surface area contributed by atoms with Crippen LogP contribution in [0.25, 0.3) is 11.3 Å². The Hall–Kier alpha value is -4.25. The molecule has 5 aromatic rings. The summed E-state index contributed by atoms with van der Waals surface area (Å²) >= 11 is 10.9. The summed E-state index contributed by atoms with van der Waals surface area (Å²) in [5.41, 5.74) is 6.62. The van der Waals surface area contributed by atoms with Gasteiger partial charge in [-0.2, -0.15) is 5.10 Å². The average Bonchev–Trinajstić information content (AvgIpc) is 3.47. The minimum Gasteiger partial charge on any atom is -0.493 e. The van der Waals surface area contributed by atoms with Gasteiger partial charge in [-0.25, -0.2) is 14.8 Å². The summed E-state index contributed by atoms with van der Waals surface area (Å²) in [5, 5.41) is 10.7. The lowest BCUT2D eigenvalue weighted by atomic mass is 10.1. The average molecular weight is 666 g/mol. The highest BCUT2D eigenvalue weighted by molar-refractivity contribution is 9.10. The minimum atomic E-state index is -0.367. The van der Waals surface area contributed by atoms with E-state index in [-0.39, 0.29) is 18.3 Å². The molecule has 1 amide bonds. The van der Waals surface area contributed by atoms with Crippen LogP contribution in [-0.4, -0.2) is 24.2 Å². The Morgan fingerprint density at radius 2 is 1.83 bits per heavy atom. The van der Waals surface area contributed by atoms with Crippen molar-refractivity contribution in [3.63, 3.8) is 0 Å². The fourth-order valence-corrected chi connectivity index (χ4v) is 5.12. The van der Waals surface area contributed by atoms with Gasteiger partial charge in [-0.1, -0.05) is 41.9 Å². The standard InChI is InChI=1S/C31H23BrClFN4O3S/c1-40-28-14-22(25(32)15-29(28)41-17-21-4-2-3-5-26(21)34)16-35-38-30(39)20-8-6-19(7-9-20)27-18-42-31(37-27)36-24-12-10-23(33)11-13-24/h2-16,18H,17H2,1H3,(H,36,37)(H,38,39)/b35-16-. The zero-order chi connectivity index (χ0) is 29.5. The normalized spacial score (nSPS) is 11.0. The number of anilines is 2. The number of nitrogens with one attached hydrogen (secondary N) is 2. The molecule has 1 aromatic heterocycles. The Labute approximate surface area is 259 Å². The third-order valence-electron chi connectivity index (χ3n) is 6.04. The second-order valence-corrected chi connectivity index (χ2v) is 11.0. The number of thiazole rings is 1. The number of nitrogens with zero attached hydrogens (tertiary/aromatic N) is 2. The molecule has 0 radical (unpaired) electrons. The van der Waals surface area contributed by atoms with Gasteiger partial charge in [0.25, 0.3) is 5.91 Å². The number of ether oxygens (including phenoxy) is 2. The zero-order valence-electron chi connectivity index (χ0n) is 22.1. The molecule has 5 rings (SSSR count). The van der Waals surface area contributed by atoms with E-state index in [9.17, 15) is 9.18 Å². The summed E-state index contributed by atoms with van der Waals surface area (Å²) in [6.45, 7) is 0.0433. The van der Waals surface area contributed by atoms with E-state index >= 15 is 0 Å². The molecule has 0 unspecified atom stereocenters. The minimum absolute atomic E-state index is 0.0433. The first-order valence-electron chi connectivity index (χ1n) is 12.6. The second-order valence-electron chi connectivity index (χ2n) is 8.85. The maximum atomic E-state index is 13.9. The Morgan fingerprint density at radius 1 is 1.07 bits per heavy atom. The first kappa shape index (κ1) is 29.2. The summed E-state index contributed by atoms with van der Waals surface area (Å²) < 4.78 is 25.8. The van der Waals surface area contributed by atoms with Gasteiger partial charge in [0.2, 0.25) is 0 Å². The van der Waals surface area contributed by atoms with Gasteiger partial charge in [0, 0.05) is 42.8 Å². The maximum absolute atomic E-state index is 13.9. The third-order valence-corrected chi connectivity index (χ3v) is 7.73. The SMILES string of the molecule is COc1cc(/C=N\NC(=O)c2ccc(-c3csc(Nc4ccc(Cl)cc4)n3)cc2)c(Br)cc1OCc1ccccc1F. The van der Waals surface area contributed by atoms with Crippen molar-refractivity contribution < 1.29 is 18.7 Å². The van der Waals surface area contributed by atoms with Gasteiger partial charge >= 0.3 is 0 Å². The number of halogens is 3. The van der Waals surface area contributed by atoms with Gasteiger partial charge in [-0.15, -0.1) is 11.3 Å². The van der Waals surface area contributed by atoms with E-state index in [2.05, 4.69) is 36.8 Å². The summed E-state index contributed by atoms with van der Waals surface area (Å²) in [5.74, 6) is 0.159. The van der Waals surface area contributed by atoms with E-state index < -0.39 is 0 Å². The van der Waals surface area contributed by atoms with Crippen LogP contribution in [0.1, 0.15) is 21.5 Å². The van der Waals surface area contributed by atoms with Crippen LogP contribution in [0.2, 0.25) is 5.02 Å². The molecular formula is C31H23BrClFN4O3S. The van der Waals surface area contributed by atoms with Crippen LogP contribution in [0.5, 0.6) is 11.5 Å². The summed E-state index contributed by atoms with van der Waals surface area (Å²) in [7, 11) is 1.51. The molecule has 1 heterocycles. The molecule has 0 aliphatic heterocycles. The number of amides is 1. The maximum Gasteiger partial charge on any atom is 0.271 e. The number of hydrazone groups is 1. The van der Waals surface area contributed by atoms with Crippen molar-refractivity contribution >= 4 is 61.8 Å². The van der Waals surface area contributed by atoms with Crippen molar-refractivity contribution in [2.45, 2.75) is 6.61 Å². The Morgan fingerprint density at radius 3 is 2.57 bits per heavy atom. The highest BCUT2D eigenvalue weighted by Gasteiger charge is 2.12. The van der Waals surface area contributed by atoms with Gasteiger partial charge in [0.15, 0.2) is 16.6 Å². The van der Waals surface area contributed by atoms with Gasteiger partial charge in [0.05, 0.1) is 19.0 Å². The number of carbonyl (C=O) groups is 1. The van der Waals surface area contributed by atoms with Gasteiger partial charge in [-0.3, -0.25) is 4.79 Å². The van der Waals surface area contributed by atoms with Crippen molar-refractivity contribution in [1.82, 2.24) is 10.4 Å². The van der Waals surface area contributed by atoms with Gasteiger partial charge in [0.1, 0.15) is 12.4 Å². The molecule has 0 spiro atoms. The molecule has 0 saturated carbocycles. The number of aromatic nitrogens is 1. The van der Waals surface area contributed by atoms with Crippen LogP contribution in [0, 0.1) is 5.82 Å². The van der Waals surface area contributed by atoms with Crippen molar-refractivity contribution in [2.75, 3.05) is 12.4 Å². The molecular weight excluding hydrogens is 643 g/mol. The largest absolute Gasteiger partial charge is 0.493 e. The first-order valence-corrected chi connectivity index (χ1v) is 14.6. The van der Waals surface area contributed by atoms with Crippen LogP contribution < -0.4 is 20.2 Å². The summed E-state index contributed by atoms with van der Waals surface area (Å²) in [4.78, 5) is 17.3. The molecule has 11 heteroatoms. The second kappa shape index (κ2) is 13.6. The summed E-state index contributed by atoms with van der Waals surface area (Å²) in [6, 6.07) is 24.3. The van der Waals surface area contributed by atoms with Crippen molar-refractivity contribution in [3.05, 3.63) is 122 Å². The van der Waals surface area contributed by atoms with E-state index in [0.717, 1.165) is 22.1 Å². The fourth-order valence-electron chi connectivity index (χ4n) is 3.83. The monoisotopic (exact) mass is 664 g/mol. The van der Waals surface area contributed by atoms with E-state index in [4.69, 9.17) is 21.1 Å². The first-order chi connectivity index (χ1) is 20.4. The molecule has 0 bridgehead atoms. The van der Waals surface area contributed by atoms with Crippen LogP contribution in [-0.2, 0) is 6.61 Å². The zero-order valence-corrected chi connectivity index (χ0v) is 25.3. The molecule has 0 fully saturated rings. The summed E-state index contributed by atoms with van der Waals surface area (Å²) in [6.07, 6.45) is 1.49. The predicted octanol–water partition coefficient (Wildman–Crippen LogP) is 8.46. The lowest BCUT2D eigenvalue weighted by Crippen LogP contribution is -2.17. The molecule has 0 saturated heterocycles. The molecule has 212 valence electrons. The quantitative estimate of drug-likeness (QED) is 0.116. The lowest BCUT2D eigenvalue weighted by Gasteiger charge is -2.13. The van der Waals surface area contributed by atoms with Gasteiger partial charge in [-0.05, 0) is 70.5 Å². The molecule has 42 heavy (non-hydrogen) atoms. The lowest BCUT2D eigenvalue weighted by molar-refractivity contribution is 0.0955. The molecule has 0 atom stereocenters. The van der Waals surface area contributed by atoms with Gasteiger partial charge < -0.3 is 14.8 Å². The number of rotatable bonds is 10. The Kier molecular flexibility index (Phi) is 9.48. The van der Waals surface area contributed by atoms with Crippen LogP contribution in [0.15, 0.2) is 99.9 Å². The van der Waals surface area contributed by atoms with E-state index in [1.54, 1.807) is 42.5 Å². The van der Waals surface area contributed by atoms with E-state index in [1.807, 2.05) is 41.8 Å². The number of hydrogen-bond donors (Lipinski definition) is 2. The molecule has 0 aliphatic carbocycles. The molecule has 2 N–H and O–H groups in total. The fraction of sp³-hybridized carbons (Fsp3) is 0.0645.